The minimum absolute atomic E-state index is 0.0749. The number of ether oxygens (including phenoxy) is 2. The van der Waals surface area contributed by atoms with Crippen molar-refractivity contribution in [2.24, 2.45) is 0 Å². The second-order valence-electron chi connectivity index (χ2n) is 7.76. The molecule has 0 aliphatic carbocycles. The van der Waals surface area contributed by atoms with Crippen LogP contribution in [-0.2, 0) is 9.53 Å². The number of allylic oxidation sites excluding steroid dienone is 1. The first kappa shape index (κ1) is 23.0. The number of aromatic nitrogens is 2. The Hall–Kier alpha value is -3.13. The fraction of sp³-hybridized carbons (Fsp3) is 0.333. The van der Waals surface area contributed by atoms with Gasteiger partial charge in [-0.1, -0.05) is 43.5 Å². The van der Waals surface area contributed by atoms with Gasteiger partial charge in [-0.25, -0.2) is 9.78 Å². The predicted octanol–water partition coefficient (Wildman–Crippen LogP) is 6.31. The summed E-state index contributed by atoms with van der Waals surface area (Å²) in [6.45, 7) is 1.02. The van der Waals surface area contributed by atoms with E-state index in [9.17, 15) is 13.6 Å². The van der Waals surface area contributed by atoms with Gasteiger partial charge in [-0.05, 0) is 43.7 Å². The van der Waals surface area contributed by atoms with Crippen molar-refractivity contribution < 1.29 is 23.0 Å². The Morgan fingerprint density at radius 3 is 2.79 bits per heavy atom. The Kier molecular flexibility index (Phi) is 6.83. The van der Waals surface area contributed by atoms with Gasteiger partial charge in [-0.2, -0.15) is 8.78 Å². The number of halogens is 3. The zero-order valence-electron chi connectivity index (χ0n) is 18.3. The number of para-hydroxylation sites is 2. The van der Waals surface area contributed by atoms with Gasteiger partial charge in [-0.15, -0.1) is 0 Å². The normalized spacial score (nSPS) is 15.5. The van der Waals surface area contributed by atoms with Crippen molar-refractivity contribution in [2.75, 3.05) is 11.9 Å². The van der Waals surface area contributed by atoms with E-state index in [4.69, 9.17) is 21.1 Å². The molecule has 0 spiro atoms. The van der Waals surface area contributed by atoms with Crippen LogP contribution in [0.15, 0.2) is 53.7 Å². The minimum atomic E-state index is -3.04. The Balaban J connectivity index is 1.88. The molecule has 0 amide bonds. The molecule has 0 radical (unpaired) electrons. The number of benzene rings is 2. The molecule has 2 aromatic carbocycles. The SMILES string of the molecule is CCCCCOC(=O)C1=C(C)Nc2nc3ccccc3n2C1c1cc(Cl)ccc1OC(F)F. The number of fused-ring (bicyclic) bond motifs is 3. The highest BCUT2D eigenvalue weighted by atomic mass is 35.5. The quantitative estimate of drug-likeness (QED) is 0.305. The Morgan fingerprint density at radius 2 is 2.03 bits per heavy atom. The third-order valence-electron chi connectivity index (χ3n) is 5.51. The molecule has 1 aliphatic heterocycles. The first-order valence-corrected chi connectivity index (χ1v) is 11.1. The number of hydrogen-bond acceptors (Lipinski definition) is 5. The zero-order valence-corrected chi connectivity index (χ0v) is 19.0. The molecule has 9 heteroatoms. The molecule has 1 aromatic heterocycles. The first-order valence-electron chi connectivity index (χ1n) is 10.8. The van der Waals surface area contributed by atoms with Gasteiger partial charge in [0, 0.05) is 16.3 Å². The molecule has 3 aromatic rings. The Bertz CT molecular complexity index is 1210. The largest absolute Gasteiger partial charge is 0.462 e. The van der Waals surface area contributed by atoms with Crippen molar-refractivity contribution in [2.45, 2.75) is 45.8 Å². The van der Waals surface area contributed by atoms with Gasteiger partial charge in [0.05, 0.1) is 29.3 Å². The molecule has 6 nitrogen and oxygen atoms in total. The van der Waals surface area contributed by atoms with Crippen molar-refractivity contribution in [1.29, 1.82) is 0 Å². The summed E-state index contributed by atoms with van der Waals surface area (Å²) in [6.07, 6.45) is 2.66. The standard InChI is InChI=1S/C24H24ClF2N3O3/c1-3-4-7-12-32-22(31)20-14(2)28-24-29-17-8-5-6-9-18(17)30(24)21(20)16-13-15(25)10-11-19(16)33-23(26)27/h5-6,8-11,13,21,23H,3-4,7,12H2,1-2H3,(H,28,29). The minimum Gasteiger partial charge on any atom is -0.462 e. The molecule has 0 saturated carbocycles. The number of carbonyl (C=O) groups is 1. The van der Waals surface area contributed by atoms with Gasteiger partial charge in [0.1, 0.15) is 5.75 Å². The van der Waals surface area contributed by atoms with Crippen LogP contribution < -0.4 is 10.1 Å². The van der Waals surface area contributed by atoms with Crippen LogP contribution in [0.2, 0.25) is 5.02 Å². The monoisotopic (exact) mass is 475 g/mol. The van der Waals surface area contributed by atoms with Gasteiger partial charge in [0.15, 0.2) is 0 Å². The summed E-state index contributed by atoms with van der Waals surface area (Å²) < 4.78 is 38.6. The summed E-state index contributed by atoms with van der Waals surface area (Å²) >= 11 is 6.26. The number of esters is 1. The third kappa shape index (κ3) is 4.66. The number of hydrogen-bond donors (Lipinski definition) is 1. The number of nitrogens with zero attached hydrogens (tertiary/aromatic N) is 2. The zero-order chi connectivity index (χ0) is 23.5. The number of nitrogens with one attached hydrogen (secondary N) is 1. The maximum atomic E-state index is 13.3. The summed E-state index contributed by atoms with van der Waals surface area (Å²) in [7, 11) is 0. The lowest BCUT2D eigenvalue weighted by molar-refractivity contribution is -0.139. The molecule has 1 aliphatic rings. The summed E-state index contributed by atoms with van der Waals surface area (Å²) in [4.78, 5) is 17.9. The lowest BCUT2D eigenvalue weighted by Crippen LogP contribution is -2.29. The van der Waals surface area contributed by atoms with E-state index in [1.807, 2.05) is 24.3 Å². The summed E-state index contributed by atoms with van der Waals surface area (Å²) in [5.74, 6) is -0.133. The van der Waals surface area contributed by atoms with Gasteiger partial charge in [0.25, 0.3) is 0 Å². The lowest BCUT2D eigenvalue weighted by Gasteiger charge is -2.31. The highest BCUT2D eigenvalue weighted by molar-refractivity contribution is 6.30. The van der Waals surface area contributed by atoms with E-state index in [-0.39, 0.29) is 17.9 Å². The number of unbranched alkanes of at least 4 members (excludes halogenated alkanes) is 2. The third-order valence-corrected chi connectivity index (χ3v) is 5.75. The summed E-state index contributed by atoms with van der Waals surface area (Å²) in [5.41, 5.74) is 2.52. The molecule has 0 fully saturated rings. The second-order valence-corrected chi connectivity index (χ2v) is 8.20. The highest BCUT2D eigenvalue weighted by Crippen LogP contribution is 2.43. The van der Waals surface area contributed by atoms with E-state index >= 15 is 0 Å². The second kappa shape index (κ2) is 9.79. The highest BCUT2D eigenvalue weighted by Gasteiger charge is 2.37. The van der Waals surface area contributed by atoms with Gasteiger partial charge in [0.2, 0.25) is 5.95 Å². The molecule has 4 rings (SSSR count). The first-order chi connectivity index (χ1) is 15.9. The van der Waals surface area contributed by atoms with Gasteiger partial charge in [-0.3, -0.25) is 4.57 Å². The topological polar surface area (TPSA) is 65.4 Å². The number of carbonyl (C=O) groups excluding carboxylic acids is 1. The number of rotatable bonds is 8. The van der Waals surface area contributed by atoms with Crippen LogP contribution in [0, 0.1) is 0 Å². The number of anilines is 1. The van der Waals surface area contributed by atoms with Crippen LogP contribution in [0.5, 0.6) is 5.75 Å². The molecule has 0 saturated heterocycles. The fourth-order valence-electron chi connectivity index (χ4n) is 4.05. The smallest absolute Gasteiger partial charge is 0.387 e. The Labute approximate surface area is 195 Å². The van der Waals surface area contributed by atoms with E-state index in [0.29, 0.717) is 27.7 Å². The van der Waals surface area contributed by atoms with Crippen LogP contribution in [0.25, 0.3) is 11.0 Å². The van der Waals surface area contributed by atoms with Crippen LogP contribution in [0.3, 0.4) is 0 Å². The molecular formula is C24H24ClF2N3O3. The molecular weight excluding hydrogens is 452 g/mol. The summed E-state index contributed by atoms with van der Waals surface area (Å²) in [5, 5.41) is 3.49. The fourth-order valence-corrected chi connectivity index (χ4v) is 4.23. The average molecular weight is 476 g/mol. The molecule has 174 valence electrons. The number of imidazole rings is 1. The van der Waals surface area contributed by atoms with Gasteiger partial charge < -0.3 is 14.8 Å². The van der Waals surface area contributed by atoms with Crippen molar-refractivity contribution in [3.05, 3.63) is 64.3 Å². The molecule has 0 bridgehead atoms. The van der Waals surface area contributed by atoms with E-state index < -0.39 is 18.6 Å². The summed E-state index contributed by atoms with van der Waals surface area (Å²) in [6, 6.07) is 10.9. The van der Waals surface area contributed by atoms with Crippen molar-refractivity contribution in [3.63, 3.8) is 0 Å². The van der Waals surface area contributed by atoms with Crippen LogP contribution in [0.1, 0.15) is 44.7 Å². The van der Waals surface area contributed by atoms with E-state index in [1.54, 1.807) is 11.5 Å². The van der Waals surface area contributed by atoms with Crippen LogP contribution in [-0.4, -0.2) is 28.7 Å². The van der Waals surface area contributed by atoms with Crippen molar-refractivity contribution in [1.82, 2.24) is 9.55 Å². The molecule has 1 N–H and O–H groups in total. The maximum Gasteiger partial charge on any atom is 0.387 e. The van der Waals surface area contributed by atoms with E-state index in [2.05, 4.69) is 17.2 Å². The van der Waals surface area contributed by atoms with E-state index in [1.165, 1.54) is 18.2 Å². The maximum absolute atomic E-state index is 13.3. The lowest BCUT2D eigenvalue weighted by atomic mass is 9.94. The molecule has 2 heterocycles. The molecule has 1 atom stereocenters. The Morgan fingerprint density at radius 1 is 1.24 bits per heavy atom. The predicted molar refractivity (Wildman–Crippen MR) is 123 cm³/mol. The molecule has 1 unspecified atom stereocenters. The average Bonchev–Trinajstić information content (AvgIpc) is 3.14. The van der Waals surface area contributed by atoms with Crippen molar-refractivity contribution >= 4 is 34.6 Å². The van der Waals surface area contributed by atoms with E-state index in [0.717, 1.165) is 24.8 Å². The van der Waals surface area contributed by atoms with Gasteiger partial charge >= 0.3 is 12.6 Å². The van der Waals surface area contributed by atoms with Crippen molar-refractivity contribution in [3.8, 4) is 5.75 Å². The van der Waals surface area contributed by atoms with Crippen LogP contribution in [0.4, 0.5) is 14.7 Å². The number of alkyl halides is 2. The molecule has 33 heavy (non-hydrogen) atoms. The van der Waals surface area contributed by atoms with Crippen LogP contribution >= 0.6 is 11.6 Å².